The second-order valence-corrected chi connectivity index (χ2v) is 7.98. The smallest absolute Gasteiger partial charge is 0.278 e. The summed E-state index contributed by atoms with van der Waals surface area (Å²) in [4.78, 5) is 20.7. The van der Waals surface area contributed by atoms with E-state index in [0.717, 1.165) is 50.5 Å². The van der Waals surface area contributed by atoms with E-state index in [1.165, 1.54) is 0 Å². The molecule has 142 valence electrons. The van der Waals surface area contributed by atoms with Crippen molar-refractivity contribution in [3.63, 3.8) is 0 Å². The first kappa shape index (κ1) is 16.4. The van der Waals surface area contributed by atoms with Gasteiger partial charge in [-0.15, -0.1) is 0 Å². The van der Waals surface area contributed by atoms with Crippen LogP contribution in [0.15, 0.2) is 60.7 Å². The Labute approximate surface area is 168 Å². The number of carbonyl (C=O) groups excluding carboxylic acids is 1. The zero-order valence-electron chi connectivity index (χ0n) is 16.5. The van der Waals surface area contributed by atoms with Gasteiger partial charge in [0.1, 0.15) is 5.82 Å². The highest BCUT2D eigenvalue weighted by molar-refractivity contribution is 6.12. The topological polar surface area (TPSA) is 50.2 Å². The number of fused-ring (bicyclic) bond motifs is 8. The number of anilines is 2. The molecule has 1 spiro atoms. The summed E-state index contributed by atoms with van der Waals surface area (Å²) in [6.07, 6.45) is 0. The van der Waals surface area contributed by atoms with Crippen LogP contribution in [-0.4, -0.2) is 22.5 Å². The van der Waals surface area contributed by atoms with Gasteiger partial charge in [0.15, 0.2) is 0 Å². The lowest BCUT2D eigenvalue weighted by atomic mass is 9.92. The average Bonchev–Trinajstić information content (AvgIpc) is 3.20. The van der Waals surface area contributed by atoms with Gasteiger partial charge in [0.2, 0.25) is 5.66 Å². The molecule has 29 heavy (non-hydrogen) atoms. The van der Waals surface area contributed by atoms with E-state index in [0.29, 0.717) is 0 Å². The van der Waals surface area contributed by atoms with Crippen LogP contribution in [0.1, 0.15) is 16.7 Å². The fourth-order valence-electron chi connectivity index (χ4n) is 5.06. The van der Waals surface area contributed by atoms with Gasteiger partial charge >= 0.3 is 0 Å². The predicted molar refractivity (Wildman–Crippen MR) is 115 cm³/mol. The summed E-state index contributed by atoms with van der Waals surface area (Å²) in [5.41, 5.74) is 6.87. The Balaban J connectivity index is 1.82. The molecule has 5 heteroatoms. The second kappa shape index (κ2) is 5.26. The van der Waals surface area contributed by atoms with E-state index in [2.05, 4.69) is 41.9 Å². The molecule has 0 bridgehead atoms. The largest absolute Gasteiger partial charge is 0.350 e. The number of hydrogen-bond acceptors (Lipinski definition) is 3. The lowest BCUT2D eigenvalue weighted by molar-refractivity contribution is -0.122. The molecule has 1 amide bonds. The number of nitrogens with zero attached hydrogens (tertiary/aromatic N) is 3. The molecule has 0 saturated heterocycles. The number of amides is 1. The van der Waals surface area contributed by atoms with Crippen molar-refractivity contribution in [2.24, 2.45) is 0 Å². The van der Waals surface area contributed by atoms with Crippen molar-refractivity contribution < 1.29 is 4.79 Å². The van der Waals surface area contributed by atoms with Crippen molar-refractivity contribution in [2.75, 3.05) is 17.3 Å². The van der Waals surface area contributed by atoms with E-state index in [-0.39, 0.29) is 5.91 Å². The Hall–Kier alpha value is -3.60. The van der Waals surface area contributed by atoms with Gasteiger partial charge in [0.25, 0.3) is 5.91 Å². The number of benzene rings is 3. The maximum Gasteiger partial charge on any atom is 0.278 e. The van der Waals surface area contributed by atoms with E-state index in [1.807, 2.05) is 49.5 Å². The van der Waals surface area contributed by atoms with E-state index >= 15 is 0 Å². The summed E-state index contributed by atoms with van der Waals surface area (Å²) in [5.74, 6) is 0.814. The lowest BCUT2D eigenvalue weighted by Crippen LogP contribution is -2.52. The highest BCUT2D eigenvalue weighted by Crippen LogP contribution is 2.51. The molecule has 0 saturated carbocycles. The maximum atomic E-state index is 13.9. The third kappa shape index (κ3) is 1.85. The first-order chi connectivity index (χ1) is 14.0. The van der Waals surface area contributed by atoms with Crippen LogP contribution in [0.2, 0.25) is 0 Å². The van der Waals surface area contributed by atoms with Gasteiger partial charge in [-0.2, -0.15) is 0 Å². The van der Waals surface area contributed by atoms with Crippen molar-refractivity contribution in [3.8, 4) is 11.4 Å². The molecule has 0 radical (unpaired) electrons. The molecule has 5 nitrogen and oxygen atoms in total. The van der Waals surface area contributed by atoms with Crippen LogP contribution in [0.25, 0.3) is 22.4 Å². The summed E-state index contributed by atoms with van der Waals surface area (Å²) in [5, 5.41) is 3.63. The molecular formula is C24H20N4O. The van der Waals surface area contributed by atoms with Crippen molar-refractivity contribution in [1.82, 2.24) is 9.55 Å². The maximum absolute atomic E-state index is 13.9. The fourth-order valence-corrected chi connectivity index (χ4v) is 5.06. The summed E-state index contributed by atoms with van der Waals surface area (Å²) in [6.45, 7) is 4.14. The summed E-state index contributed by atoms with van der Waals surface area (Å²) in [6, 6.07) is 20.4. The molecular weight excluding hydrogens is 360 g/mol. The predicted octanol–water partition coefficient (Wildman–Crippen LogP) is 4.42. The third-order valence-electron chi connectivity index (χ3n) is 6.16. The number of likely N-dealkylation sites (N-methyl/N-ethyl adjacent to an activating group) is 1. The standard InChI is InChI=1S/C24H20N4O/c1-14-12-15(2)21-17(13-14)24(23(29)27(21)3)26-18-9-5-4-8-16(18)22-25-19-10-6-7-11-20(19)28(22)24/h4-13,26H,1-3H3/t24-/m0/s1. The monoisotopic (exact) mass is 380 g/mol. The lowest BCUT2D eigenvalue weighted by Gasteiger charge is -2.38. The number of carbonyl (C=O) groups is 1. The zero-order valence-corrected chi connectivity index (χ0v) is 16.5. The molecule has 3 heterocycles. The Morgan fingerprint density at radius 2 is 1.76 bits per heavy atom. The Kier molecular flexibility index (Phi) is 2.97. The second-order valence-electron chi connectivity index (χ2n) is 7.98. The minimum atomic E-state index is -1.05. The normalized spacial score (nSPS) is 19.3. The van der Waals surface area contributed by atoms with Crippen LogP contribution in [0.5, 0.6) is 0 Å². The zero-order chi connectivity index (χ0) is 19.9. The van der Waals surface area contributed by atoms with Crippen LogP contribution < -0.4 is 10.2 Å². The summed E-state index contributed by atoms with van der Waals surface area (Å²) >= 11 is 0. The third-order valence-corrected chi connectivity index (χ3v) is 6.16. The molecule has 3 aromatic carbocycles. The molecule has 0 fully saturated rings. The van der Waals surface area contributed by atoms with Crippen molar-refractivity contribution >= 4 is 28.3 Å². The average molecular weight is 380 g/mol. The number of aryl methyl sites for hydroxylation is 2. The van der Waals surface area contributed by atoms with Crippen molar-refractivity contribution in [3.05, 3.63) is 77.4 Å². The molecule has 1 aromatic heterocycles. The molecule has 1 atom stereocenters. The van der Waals surface area contributed by atoms with Crippen LogP contribution in [0.4, 0.5) is 11.4 Å². The van der Waals surface area contributed by atoms with Gasteiger partial charge in [0, 0.05) is 23.9 Å². The number of imidazole rings is 1. The molecule has 0 aliphatic carbocycles. The molecule has 4 aromatic rings. The van der Waals surface area contributed by atoms with Crippen LogP contribution in [-0.2, 0) is 10.5 Å². The highest BCUT2D eigenvalue weighted by Gasteiger charge is 2.55. The van der Waals surface area contributed by atoms with Gasteiger partial charge < -0.3 is 10.2 Å². The molecule has 2 aliphatic heterocycles. The minimum absolute atomic E-state index is 0.0000983. The molecule has 6 rings (SSSR count). The van der Waals surface area contributed by atoms with Gasteiger partial charge in [-0.25, -0.2) is 4.98 Å². The number of rotatable bonds is 0. The first-order valence-corrected chi connectivity index (χ1v) is 9.78. The number of hydrogen-bond donors (Lipinski definition) is 1. The van der Waals surface area contributed by atoms with Crippen LogP contribution in [0.3, 0.4) is 0 Å². The number of aromatic nitrogens is 2. The van der Waals surface area contributed by atoms with Gasteiger partial charge in [-0.1, -0.05) is 35.9 Å². The van der Waals surface area contributed by atoms with E-state index in [4.69, 9.17) is 4.98 Å². The van der Waals surface area contributed by atoms with Gasteiger partial charge in [-0.3, -0.25) is 9.36 Å². The number of para-hydroxylation sites is 3. The Morgan fingerprint density at radius 3 is 2.62 bits per heavy atom. The van der Waals surface area contributed by atoms with E-state index in [9.17, 15) is 4.79 Å². The van der Waals surface area contributed by atoms with E-state index < -0.39 is 5.66 Å². The van der Waals surface area contributed by atoms with Crippen LogP contribution >= 0.6 is 0 Å². The SMILES string of the molecule is Cc1cc(C)c2c(c1)[C@@]1(Nc3ccccc3-c3nc4ccccc4n31)C(=O)N2C. The van der Waals surface area contributed by atoms with Gasteiger partial charge in [-0.05, 0) is 49.7 Å². The molecule has 0 unspecified atom stereocenters. The minimum Gasteiger partial charge on any atom is -0.350 e. The Bertz CT molecular complexity index is 1350. The molecule has 2 aliphatic rings. The highest BCUT2D eigenvalue weighted by atomic mass is 16.2. The fraction of sp³-hybridized carbons (Fsp3) is 0.167. The molecule has 1 N–H and O–H groups in total. The summed E-state index contributed by atoms with van der Waals surface area (Å²) < 4.78 is 2.09. The summed E-state index contributed by atoms with van der Waals surface area (Å²) in [7, 11) is 1.86. The van der Waals surface area contributed by atoms with Crippen molar-refractivity contribution in [1.29, 1.82) is 0 Å². The first-order valence-electron chi connectivity index (χ1n) is 9.78. The quantitative estimate of drug-likeness (QED) is 0.491. The number of nitrogens with one attached hydrogen (secondary N) is 1. The van der Waals surface area contributed by atoms with Crippen LogP contribution in [0, 0.1) is 13.8 Å². The van der Waals surface area contributed by atoms with Gasteiger partial charge in [0.05, 0.1) is 16.7 Å². The Morgan fingerprint density at radius 1 is 1.00 bits per heavy atom. The van der Waals surface area contributed by atoms with Crippen molar-refractivity contribution in [2.45, 2.75) is 19.5 Å². The van der Waals surface area contributed by atoms with E-state index in [1.54, 1.807) is 4.90 Å².